The minimum Gasteiger partial charge on any atom is -0.488 e. The van der Waals surface area contributed by atoms with Crippen molar-refractivity contribution in [3.05, 3.63) is 33.6 Å². The summed E-state index contributed by atoms with van der Waals surface area (Å²) in [7, 11) is 0. The van der Waals surface area contributed by atoms with E-state index >= 15 is 0 Å². The van der Waals surface area contributed by atoms with Gasteiger partial charge in [0.25, 0.3) is 5.69 Å². The lowest BCUT2D eigenvalue weighted by Crippen LogP contribution is -2.12. The zero-order chi connectivity index (χ0) is 13.9. The second kappa shape index (κ2) is 5.44. The molecule has 6 nitrogen and oxygen atoms in total. The van der Waals surface area contributed by atoms with Gasteiger partial charge < -0.3 is 9.84 Å². The summed E-state index contributed by atoms with van der Waals surface area (Å²) < 4.78 is 18.7. The topological polar surface area (TPSA) is 89.7 Å². The zero-order valence-electron chi connectivity index (χ0n) is 9.84. The highest BCUT2D eigenvalue weighted by Gasteiger charge is 2.24. The lowest BCUT2D eigenvalue weighted by molar-refractivity contribution is -0.385. The number of hydrogen-bond acceptors (Lipinski definition) is 4. The molecule has 1 unspecified atom stereocenters. The number of aromatic carboxylic acids is 1. The van der Waals surface area contributed by atoms with Crippen molar-refractivity contribution in [1.82, 2.24) is 0 Å². The van der Waals surface area contributed by atoms with Crippen LogP contribution in [-0.2, 0) is 0 Å². The number of nitro groups is 1. The number of carbonyl (C=O) groups is 1. The summed E-state index contributed by atoms with van der Waals surface area (Å²) in [5, 5.41) is 19.4. The quantitative estimate of drug-likeness (QED) is 0.646. The molecule has 0 aromatic heterocycles. The SMILES string of the molecule is CCC(C)Oc1cc(C(=O)O)c([N+](=O)[O-])cc1F. The van der Waals surface area contributed by atoms with Crippen LogP contribution in [0.4, 0.5) is 10.1 Å². The predicted molar refractivity (Wildman–Crippen MR) is 60.4 cm³/mol. The Hall–Kier alpha value is -2.18. The summed E-state index contributed by atoms with van der Waals surface area (Å²) >= 11 is 0. The van der Waals surface area contributed by atoms with Gasteiger partial charge >= 0.3 is 5.97 Å². The molecule has 0 heterocycles. The number of carboxylic acids is 1. The van der Waals surface area contributed by atoms with Crippen LogP contribution in [0.3, 0.4) is 0 Å². The van der Waals surface area contributed by atoms with E-state index in [1.165, 1.54) is 0 Å². The van der Waals surface area contributed by atoms with E-state index in [1.54, 1.807) is 6.92 Å². The van der Waals surface area contributed by atoms with Crippen molar-refractivity contribution >= 4 is 11.7 Å². The fraction of sp³-hybridized carbons (Fsp3) is 0.364. The van der Waals surface area contributed by atoms with Gasteiger partial charge in [-0.1, -0.05) is 6.92 Å². The molecule has 0 saturated carbocycles. The van der Waals surface area contributed by atoms with E-state index in [4.69, 9.17) is 9.84 Å². The second-order valence-electron chi connectivity index (χ2n) is 3.70. The first-order chi connectivity index (χ1) is 8.36. The van der Waals surface area contributed by atoms with Crippen LogP contribution in [0.15, 0.2) is 12.1 Å². The van der Waals surface area contributed by atoms with Crippen LogP contribution in [0, 0.1) is 15.9 Å². The monoisotopic (exact) mass is 257 g/mol. The molecule has 98 valence electrons. The van der Waals surface area contributed by atoms with Crippen molar-refractivity contribution < 1.29 is 24.0 Å². The van der Waals surface area contributed by atoms with Gasteiger partial charge in [-0.3, -0.25) is 10.1 Å². The van der Waals surface area contributed by atoms with Gasteiger partial charge in [-0.15, -0.1) is 0 Å². The molecule has 0 bridgehead atoms. The summed E-state index contributed by atoms with van der Waals surface area (Å²) in [6.45, 7) is 3.49. The van der Waals surface area contributed by atoms with Crippen molar-refractivity contribution in [2.24, 2.45) is 0 Å². The number of nitrogens with zero attached hydrogens (tertiary/aromatic N) is 1. The van der Waals surface area contributed by atoms with Crippen molar-refractivity contribution in [3.8, 4) is 5.75 Å². The van der Waals surface area contributed by atoms with Crippen LogP contribution in [0.25, 0.3) is 0 Å². The lowest BCUT2D eigenvalue weighted by atomic mass is 10.1. The molecular weight excluding hydrogens is 245 g/mol. The van der Waals surface area contributed by atoms with E-state index in [-0.39, 0.29) is 11.9 Å². The maximum absolute atomic E-state index is 13.5. The van der Waals surface area contributed by atoms with Gasteiger partial charge in [-0.2, -0.15) is 0 Å². The summed E-state index contributed by atoms with van der Waals surface area (Å²) in [6, 6.07) is 1.39. The van der Waals surface area contributed by atoms with Crippen LogP contribution < -0.4 is 4.74 Å². The van der Waals surface area contributed by atoms with E-state index in [9.17, 15) is 19.3 Å². The van der Waals surface area contributed by atoms with Gasteiger partial charge in [0.1, 0.15) is 5.56 Å². The standard InChI is InChI=1S/C11H12FNO5/c1-3-6(2)18-10-4-7(11(14)15)9(13(16)17)5-8(10)12/h4-6H,3H2,1-2H3,(H,14,15). The molecule has 0 aliphatic carbocycles. The number of ether oxygens (including phenoxy) is 1. The molecule has 0 aliphatic rings. The smallest absolute Gasteiger partial charge is 0.342 e. The zero-order valence-corrected chi connectivity index (χ0v) is 9.84. The van der Waals surface area contributed by atoms with Crippen molar-refractivity contribution in [2.45, 2.75) is 26.4 Å². The Morgan fingerprint density at radius 1 is 1.61 bits per heavy atom. The highest BCUT2D eigenvalue weighted by atomic mass is 19.1. The first kappa shape index (κ1) is 13.9. The van der Waals surface area contributed by atoms with E-state index in [1.807, 2.05) is 6.92 Å². The number of benzene rings is 1. The van der Waals surface area contributed by atoms with Crippen LogP contribution >= 0.6 is 0 Å². The first-order valence-corrected chi connectivity index (χ1v) is 5.24. The fourth-order valence-corrected chi connectivity index (χ4v) is 1.26. The maximum atomic E-state index is 13.5. The largest absolute Gasteiger partial charge is 0.488 e. The molecule has 0 saturated heterocycles. The summed E-state index contributed by atoms with van der Waals surface area (Å²) in [4.78, 5) is 20.5. The average molecular weight is 257 g/mol. The Morgan fingerprint density at radius 2 is 2.22 bits per heavy atom. The van der Waals surface area contributed by atoms with Crippen LogP contribution in [0.1, 0.15) is 30.6 Å². The molecule has 0 fully saturated rings. The Balaban J connectivity index is 3.27. The highest BCUT2D eigenvalue weighted by molar-refractivity contribution is 5.92. The van der Waals surface area contributed by atoms with Crippen molar-refractivity contribution in [2.75, 3.05) is 0 Å². The third kappa shape index (κ3) is 2.93. The van der Waals surface area contributed by atoms with E-state index < -0.39 is 28.0 Å². The number of rotatable bonds is 5. The molecular formula is C11H12FNO5. The number of carboxylic acid groups (broad SMARTS) is 1. The lowest BCUT2D eigenvalue weighted by Gasteiger charge is -2.13. The second-order valence-corrected chi connectivity index (χ2v) is 3.70. The number of hydrogen-bond donors (Lipinski definition) is 1. The first-order valence-electron chi connectivity index (χ1n) is 5.24. The van der Waals surface area contributed by atoms with Gasteiger partial charge in [-0.25, -0.2) is 9.18 Å². The third-order valence-corrected chi connectivity index (χ3v) is 2.38. The Labute approximate surface area is 102 Å². The van der Waals surface area contributed by atoms with Crippen molar-refractivity contribution in [1.29, 1.82) is 0 Å². The van der Waals surface area contributed by atoms with Crippen molar-refractivity contribution in [3.63, 3.8) is 0 Å². The highest BCUT2D eigenvalue weighted by Crippen LogP contribution is 2.28. The van der Waals surface area contributed by atoms with Crippen LogP contribution in [0.5, 0.6) is 5.75 Å². The Morgan fingerprint density at radius 3 is 2.67 bits per heavy atom. The van der Waals surface area contributed by atoms with E-state index in [2.05, 4.69) is 0 Å². The van der Waals surface area contributed by atoms with E-state index in [0.29, 0.717) is 12.5 Å². The van der Waals surface area contributed by atoms with Crippen LogP contribution in [0.2, 0.25) is 0 Å². The molecule has 0 spiro atoms. The minimum atomic E-state index is -1.50. The van der Waals surface area contributed by atoms with Gasteiger partial charge in [0, 0.05) is 6.07 Å². The summed E-state index contributed by atoms with van der Waals surface area (Å²) in [5.41, 5.74) is -1.39. The normalized spacial score (nSPS) is 11.9. The van der Waals surface area contributed by atoms with E-state index in [0.717, 1.165) is 6.07 Å². The Bertz CT molecular complexity index is 489. The number of halogens is 1. The maximum Gasteiger partial charge on any atom is 0.342 e. The molecule has 7 heteroatoms. The van der Waals surface area contributed by atoms with Gasteiger partial charge in [0.2, 0.25) is 0 Å². The molecule has 1 atom stereocenters. The molecule has 1 rings (SSSR count). The number of nitro benzene ring substituents is 1. The predicted octanol–water partition coefficient (Wildman–Crippen LogP) is 2.61. The van der Waals surface area contributed by atoms with Crippen LogP contribution in [-0.4, -0.2) is 22.1 Å². The average Bonchev–Trinajstić information content (AvgIpc) is 2.30. The summed E-state index contributed by atoms with van der Waals surface area (Å²) in [6.07, 6.45) is 0.279. The molecule has 0 aliphatic heterocycles. The van der Waals surface area contributed by atoms with Gasteiger partial charge in [0.05, 0.1) is 17.1 Å². The molecule has 1 aromatic carbocycles. The fourth-order valence-electron chi connectivity index (χ4n) is 1.26. The van der Waals surface area contributed by atoms with Gasteiger partial charge in [0.15, 0.2) is 11.6 Å². The molecule has 1 aromatic rings. The Kier molecular flexibility index (Phi) is 4.19. The van der Waals surface area contributed by atoms with Gasteiger partial charge in [-0.05, 0) is 13.3 Å². The summed E-state index contributed by atoms with van der Waals surface area (Å²) in [5.74, 6) is -2.75. The minimum absolute atomic E-state index is 0.299. The third-order valence-electron chi connectivity index (χ3n) is 2.38. The molecule has 0 amide bonds. The molecule has 1 N–H and O–H groups in total. The molecule has 0 radical (unpaired) electrons. The molecule has 18 heavy (non-hydrogen) atoms.